The van der Waals surface area contributed by atoms with Gasteiger partial charge in [-0.3, -0.25) is 9.78 Å². The van der Waals surface area contributed by atoms with Crippen LogP contribution in [0.3, 0.4) is 0 Å². The number of rotatable bonds is 2. The first-order chi connectivity index (χ1) is 6.40. The molecule has 0 radical (unpaired) electrons. The normalized spacial score (nSPS) is 9.85. The molecule has 0 spiro atoms. The Morgan fingerprint density at radius 3 is 2.77 bits per heavy atom. The van der Waals surface area contributed by atoms with Crippen molar-refractivity contribution in [1.82, 2.24) is 4.98 Å². The summed E-state index contributed by atoms with van der Waals surface area (Å²) in [6, 6.07) is 9.46. The van der Waals surface area contributed by atoms with Gasteiger partial charge in [-0.25, -0.2) is 0 Å². The Morgan fingerprint density at radius 2 is 2.15 bits per heavy atom. The molecule has 0 saturated heterocycles. The Hall–Kier alpha value is -1.48. The lowest BCUT2D eigenvalue weighted by Gasteiger charge is -1.92. The van der Waals surface area contributed by atoms with Crippen LogP contribution in [0.5, 0.6) is 0 Å². The van der Waals surface area contributed by atoms with E-state index in [4.69, 9.17) is 0 Å². The smallest absolute Gasteiger partial charge is 0.160 e. The first-order valence-corrected chi connectivity index (χ1v) is 4.68. The third-order valence-corrected chi connectivity index (χ3v) is 2.69. The molecule has 0 amide bonds. The maximum absolute atomic E-state index is 10.4. The van der Waals surface area contributed by atoms with Crippen LogP contribution in [0.4, 0.5) is 0 Å². The number of pyridine rings is 1. The molecule has 3 heteroatoms. The average Bonchev–Trinajstić information content (AvgIpc) is 2.67. The van der Waals surface area contributed by atoms with Gasteiger partial charge in [-0.2, -0.15) is 0 Å². The van der Waals surface area contributed by atoms with Crippen LogP contribution >= 0.6 is 11.3 Å². The molecule has 0 atom stereocenters. The standard InChI is InChI=1S/C10H7NOS/c12-7-8-4-5-10(13-8)9-3-1-2-6-11-9/h1-7H. The molecule has 0 N–H and O–H groups in total. The van der Waals surface area contributed by atoms with Gasteiger partial charge < -0.3 is 0 Å². The van der Waals surface area contributed by atoms with Crippen molar-refractivity contribution in [3.8, 4) is 10.6 Å². The number of thiophene rings is 1. The van der Waals surface area contributed by atoms with Gasteiger partial charge in [-0.05, 0) is 24.3 Å². The summed E-state index contributed by atoms with van der Waals surface area (Å²) in [4.78, 5) is 16.4. The lowest BCUT2D eigenvalue weighted by atomic mass is 10.3. The molecule has 2 rings (SSSR count). The van der Waals surface area contributed by atoms with E-state index in [0.717, 1.165) is 21.7 Å². The lowest BCUT2D eigenvalue weighted by molar-refractivity contribution is 0.112. The molecule has 0 unspecified atom stereocenters. The Bertz CT molecular complexity index is 408. The third-order valence-electron chi connectivity index (χ3n) is 1.66. The zero-order valence-electron chi connectivity index (χ0n) is 6.81. The SMILES string of the molecule is O=Cc1ccc(-c2ccccn2)s1. The molecule has 0 aliphatic rings. The topological polar surface area (TPSA) is 30.0 Å². The highest BCUT2D eigenvalue weighted by molar-refractivity contribution is 7.17. The maximum Gasteiger partial charge on any atom is 0.160 e. The van der Waals surface area contributed by atoms with Crippen LogP contribution in [-0.4, -0.2) is 11.3 Å². The fourth-order valence-corrected chi connectivity index (χ4v) is 1.86. The van der Waals surface area contributed by atoms with E-state index < -0.39 is 0 Å². The monoisotopic (exact) mass is 189 g/mol. The van der Waals surface area contributed by atoms with Crippen LogP contribution in [0.15, 0.2) is 36.5 Å². The van der Waals surface area contributed by atoms with Gasteiger partial charge in [0.05, 0.1) is 15.4 Å². The van der Waals surface area contributed by atoms with Crippen LogP contribution in [0.1, 0.15) is 9.67 Å². The predicted octanol–water partition coefficient (Wildman–Crippen LogP) is 2.62. The maximum atomic E-state index is 10.4. The van der Waals surface area contributed by atoms with Crippen LogP contribution in [-0.2, 0) is 0 Å². The van der Waals surface area contributed by atoms with Gasteiger partial charge in [0.1, 0.15) is 0 Å². The molecular formula is C10H7NOS. The van der Waals surface area contributed by atoms with Gasteiger partial charge in [0.15, 0.2) is 6.29 Å². The fraction of sp³-hybridized carbons (Fsp3) is 0. The van der Waals surface area contributed by atoms with Gasteiger partial charge in [0, 0.05) is 6.20 Å². The minimum Gasteiger partial charge on any atom is -0.297 e. The summed E-state index contributed by atoms with van der Waals surface area (Å²) >= 11 is 1.46. The molecule has 0 fully saturated rings. The van der Waals surface area contributed by atoms with Gasteiger partial charge in [0.2, 0.25) is 0 Å². The van der Waals surface area contributed by atoms with Crippen molar-refractivity contribution in [2.45, 2.75) is 0 Å². The number of hydrogen-bond acceptors (Lipinski definition) is 3. The summed E-state index contributed by atoms with van der Waals surface area (Å²) in [6.07, 6.45) is 2.60. The first-order valence-electron chi connectivity index (χ1n) is 3.86. The second kappa shape index (κ2) is 3.49. The van der Waals surface area contributed by atoms with E-state index in [9.17, 15) is 4.79 Å². The molecule has 2 aromatic rings. The van der Waals surface area contributed by atoms with Crippen molar-refractivity contribution in [3.63, 3.8) is 0 Å². The van der Waals surface area contributed by atoms with Crippen molar-refractivity contribution in [3.05, 3.63) is 41.4 Å². The van der Waals surface area contributed by atoms with Gasteiger partial charge in [0.25, 0.3) is 0 Å². The molecule has 13 heavy (non-hydrogen) atoms. The molecule has 0 bridgehead atoms. The second-order valence-corrected chi connectivity index (χ2v) is 3.65. The number of aromatic nitrogens is 1. The Balaban J connectivity index is 2.41. The number of carbonyl (C=O) groups excluding carboxylic acids is 1. The Labute approximate surface area is 79.9 Å². The highest BCUT2D eigenvalue weighted by Crippen LogP contribution is 2.24. The molecule has 0 aromatic carbocycles. The number of carbonyl (C=O) groups is 1. The summed E-state index contributed by atoms with van der Waals surface area (Å²) in [7, 11) is 0. The lowest BCUT2D eigenvalue weighted by Crippen LogP contribution is -1.75. The zero-order valence-corrected chi connectivity index (χ0v) is 7.62. The van der Waals surface area contributed by atoms with Crippen molar-refractivity contribution in [2.24, 2.45) is 0 Å². The van der Waals surface area contributed by atoms with E-state index in [1.165, 1.54) is 11.3 Å². The van der Waals surface area contributed by atoms with E-state index >= 15 is 0 Å². The highest BCUT2D eigenvalue weighted by Gasteiger charge is 2.01. The van der Waals surface area contributed by atoms with Crippen LogP contribution < -0.4 is 0 Å². The number of hydrogen-bond donors (Lipinski definition) is 0. The van der Waals surface area contributed by atoms with E-state index in [2.05, 4.69) is 4.98 Å². The minimum atomic E-state index is 0.737. The van der Waals surface area contributed by atoms with E-state index in [0.29, 0.717) is 0 Å². The third kappa shape index (κ3) is 1.65. The summed E-state index contributed by atoms with van der Waals surface area (Å²) in [5.41, 5.74) is 0.917. The summed E-state index contributed by atoms with van der Waals surface area (Å²) in [5, 5.41) is 0. The van der Waals surface area contributed by atoms with Crippen molar-refractivity contribution >= 4 is 17.6 Å². The van der Waals surface area contributed by atoms with Crippen molar-refractivity contribution < 1.29 is 4.79 Å². The molecule has 2 heterocycles. The Kier molecular flexibility index (Phi) is 2.19. The van der Waals surface area contributed by atoms with Crippen molar-refractivity contribution in [1.29, 1.82) is 0 Å². The van der Waals surface area contributed by atoms with Gasteiger partial charge in [-0.1, -0.05) is 6.07 Å². The van der Waals surface area contributed by atoms with Crippen LogP contribution in [0, 0.1) is 0 Å². The predicted molar refractivity (Wildman–Crippen MR) is 52.9 cm³/mol. The second-order valence-electron chi connectivity index (χ2n) is 2.53. The first kappa shape index (κ1) is 8.13. The quantitative estimate of drug-likeness (QED) is 0.680. The van der Waals surface area contributed by atoms with E-state index in [-0.39, 0.29) is 0 Å². The summed E-state index contributed by atoms with van der Waals surface area (Å²) < 4.78 is 0. The zero-order chi connectivity index (χ0) is 9.10. The molecule has 2 aromatic heterocycles. The molecular weight excluding hydrogens is 182 g/mol. The summed E-state index contributed by atoms with van der Waals surface area (Å²) in [5.74, 6) is 0. The average molecular weight is 189 g/mol. The largest absolute Gasteiger partial charge is 0.297 e. The minimum absolute atomic E-state index is 0.737. The molecule has 0 aliphatic heterocycles. The van der Waals surface area contributed by atoms with Crippen LogP contribution in [0.25, 0.3) is 10.6 Å². The van der Waals surface area contributed by atoms with Crippen LogP contribution in [0.2, 0.25) is 0 Å². The van der Waals surface area contributed by atoms with Crippen molar-refractivity contribution in [2.75, 3.05) is 0 Å². The molecule has 0 aliphatic carbocycles. The number of nitrogens with zero attached hydrogens (tertiary/aromatic N) is 1. The van der Waals surface area contributed by atoms with E-state index in [1.807, 2.05) is 30.3 Å². The summed E-state index contributed by atoms with van der Waals surface area (Å²) in [6.45, 7) is 0. The van der Waals surface area contributed by atoms with Gasteiger partial charge >= 0.3 is 0 Å². The molecule has 2 nitrogen and oxygen atoms in total. The highest BCUT2D eigenvalue weighted by atomic mass is 32.1. The molecule has 64 valence electrons. The number of aldehydes is 1. The molecule has 0 saturated carbocycles. The van der Waals surface area contributed by atoms with E-state index in [1.54, 1.807) is 6.20 Å². The Morgan fingerprint density at radius 1 is 1.23 bits per heavy atom. The van der Waals surface area contributed by atoms with Gasteiger partial charge in [-0.15, -0.1) is 11.3 Å². The fourth-order valence-electron chi connectivity index (χ4n) is 1.06.